The van der Waals surface area contributed by atoms with Gasteiger partial charge in [0.1, 0.15) is 11.4 Å². The van der Waals surface area contributed by atoms with Crippen LogP contribution in [0.5, 0.6) is 5.75 Å². The zero-order chi connectivity index (χ0) is 11.3. The molecule has 1 rings (SSSR count). The number of hydrogen-bond donors (Lipinski definition) is 0. The lowest BCUT2D eigenvalue weighted by molar-refractivity contribution is 0.0986. The van der Waals surface area contributed by atoms with Gasteiger partial charge >= 0.3 is 0 Å². The summed E-state index contributed by atoms with van der Waals surface area (Å²) in [5.74, 6) is 0.826. The van der Waals surface area contributed by atoms with Crippen LogP contribution in [0.15, 0.2) is 24.3 Å². The first kappa shape index (κ1) is 11.6. The van der Waals surface area contributed by atoms with Gasteiger partial charge in [0.2, 0.25) is 0 Å². The smallest absolute Gasteiger partial charge is 0.120 e. The van der Waals surface area contributed by atoms with Crippen molar-refractivity contribution in [2.24, 2.45) is 0 Å². The van der Waals surface area contributed by atoms with E-state index in [4.69, 9.17) is 10.00 Å². The molecule has 0 saturated heterocycles. The van der Waals surface area contributed by atoms with E-state index in [9.17, 15) is 0 Å². The van der Waals surface area contributed by atoms with Crippen LogP contribution in [-0.4, -0.2) is 5.60 Å². The first-order valence-electron chi connectivity index (χ1n) is 5.26. The van der Waals surface area contributed by atoms with Crippen LogP contribution < -0.4 is 4.74 Å². The Morgan fingerprint density at radius 3 is 2.33 bits per heavy atom. The van der Waals surface area contributed by atoms with E-state index in [1.165, 1.54) is 0 Å². The molecule has 0 N–H and O–H groups in total. The van der Waals surface area contributed by atoms with Crippen LogP contribution in [0.2, 0.25) is 0 Å². The molecule has 0 aliphatic rings. The van der Waals surface area contributed by atoms with Crippen molar-refractivity contribution >= 4 is 0 Å². The maximum atomic E-state index is 8.65. The molecule has 0 aliphatic heterocycles. The van der Waals surface area contributed by atoms with Crippen LogP contribution in [0.4, 0.5) is 0 Å². The summed E-state index contributed by atoms with van der Waals surface area (Å²) in [6.07, 6.45) is 2.12. The average molecular weight is 203 g/mol. The van der Waals surface area contributed by atoms with Crippen LogP contribution in [0, 0.1) is 11.3 Å². The van der Waals surface area contributed by atoms with Gasteiger partial charge in [0.15, 0.2) is 0 Å². The van der Waals surface area contributed by atoms with Gasteiger partial charge in [-0.15, -0.1) is 0 Å². The Hall–Kier alpha value is -1.49. The van der Waals surface area contributed by atoms with Crippen LogP contribution in [0.1, 0.15) is 39.2 Å². The molecule has 1 aromatic carbocycles. The van der Waals surface area contributed by atoms with E-state index >= 15 is 0 Å². The van der Waals surface area contributed by atoms with Crippen LogP contribution in [0.25, 0.3) is 0 Å². The van der Waals surface area contributed by atoms with Crippen molar-refractivity contribution in [3.8, 4) is 11.8 Å². The number of nitrogens with zero attached hydrogens (tertiary/aromatic N) is 1. The van der Waals surface area contributed by atoms with E-state index < -0.39 is 0 Å². The number of ether oxygens (including phenoxy) is 1. The summed E-state index contributed by atoms with van der Waals surface area (Å²) < 4.78 is 5.83. The Bertz CT molecular complexity index is 346. The molecule has 0 radical (unpaired) electrons. The molecule has 2 nitrogen and oxygen atoms in total. The quantitative estimate of drug-likeness (QED) is 0.750. The van der Waals surface area contributed by atoms with Crippen molar-refractivity contribution in [2.45, 2.75) is 39.2 Å². The Labute approximate surface area is 91.5 Å². The molecule has 1 aromatic rings. The highest BCUT2D eigenvalue weighted by Crippen LogP contribution is 2.22. The minimum Gasteiger partial charge on any atom is -0.488 e. The molecule has 0 atom stereocenters. The summed E-state index contributed by atoms with van der Waals surface area (Å²) in [7, 11) is 0. The van der Waals surface area contributed by atoms with E-state index in [0.717, 1.165) is 18.6 Å². The highest BCUT2D eigenvalue weighted by molar-refractivity contribution is 5.34. The van der Waals surface area contributed by atoms with Crippen molar-refractivity contribution in [2.75, 3.05) is 0 Å². The molecular formula is C13H17NO. The van der Waals surface area contributed by atoms with E-state index in [-0.39, 0.29) is 5.60 Å². The van der Waals surface area contributed by atoms with E-state index in [1.807, 2.05) is 12.1 Å². The lowest BCUT2D eigenvalue weighted by Crippen LogP contribution is -2.27. The summed E-state index contributed by atoms with van der Waals surface area (Å²) in [5.41, 5.74) is 0.527. The van der Waals surface area contributed by atoms with E-state index in [1.54, 1.807) is 12.1 Å². The third-order valence-electron chi connectivity index (χ3n) is 2.23. The van der Waals surface area contributed by atoms with Crippen molar-refractivity contribution < 1.29 is 4.74 Å². The molecule has 0 spiro atoms. The van der Waals surface area contributed by atoms with Crippen molar-refractivity contribution in [3.63, 3.8) is 0 Å². The summed E-state index contributed by atoms with van der Waals surface area (Å²) in [5, 5.41) is 8.65. The third-order valence-corrected chi connectivity index (χ3v) is 2.23. The Morgan fingerprint density at radius 1 is 1.27 bits per heavy atom. The van der Waals surface area contributed by atoms with Gasteiger partial charge < -0.3 is 4.74 Å². The van der Waals surface area contributed by atoms with Gasteiger partial charge in [-0.05, 0) is 44.5 Å². The first-order valence-corrected chi connectivity index (χ1v) is 5.26. The second-order valence-electron chi connectivity index (χ2n) is 4.25. The number of hydrogen-bond acceptors (Lipinski definition) is 2. The number of nitriles is 1. The molecule has 0 aromatic heterocycles. The van der Waals surface area contributed by atoms with Gasteiger partial charge in [0.05, 0.1) is 11.6 Å². The maximum Gasteiger partial charge on any atom is 0.120 e. The average Bonchev–Trinajstić information content (AvgIpc) is 2.18. The predicted molar refractivity (Wildman–Crippen MR) is 60.8 cm³/mol. The van der Waals surface area contributed by atoms with Crippen LogP contribution in [0.3, 0.4) is 0 Å². The SMILES string of the molecule is CCCC(C)(C)Oc1ccc(C#N)cc1. The van der Waals surface area contributed by atoms with Crippen LogP contribution >= 0.6 is 0 Å². The number of rotatable bonds is 4. The molecule has 0 heterocycles. The predicted octanol–water partition coefficient (Wildman–Crippen LogP) is 3.52. The second-order valence-corrected chi connectivity index (χ2v) is 4.25. The van der Waals surface area contributed by atoms with E-state index in [2.05, 4.69) is 26.8 Å². The summed E-state index contributed by atoms with van der Waals surface area (Å²) in [6.45, 7) is 6.30. The lowest BCUT2D eigenvalue weighted by Gasteiger charge is -2.26. The second kappa shape index (κ2) is 4.84. The fourth-order valence-electron chi connectivity index (χ4n) is 1.57. The first-order chi connectivity index (χ1) is 7.07. The maximum absolute atomic E-state index is 8.65. The highest BCUT2D eigenvalue weighted by atomic mass is 16.5. The topological polar surface area (TPSA) is 33.0 Å². The summed E-state index contributed by atoms with van der Waals surface area (Å²) in [6, 6.07) is 9.32. The molecule has 0 aliphatic carbocycles. The molecule has 0 unspecified atom stereocenters. The van der Waals surface area contributed by atoms with Crippen LogP contribution in [-0.2, 0) is 0 Å². The van der Waals surface area contributed by atoms with Gasteiger partial charge in [-0.1, -0.05) is 13.3 Å². The van der Waals surface area contributed by atoms with Crippen molar-refractivity contribution in [1.29, 1.82) is 5.26 Å². The molecule has 15 heavy (non-hydrogen) atoms. The van der Waals surface area contributed by atoms with Crippen molar-refractivity contribution in [3.05, 3.63) is 29.8 Å². The third kappa shape index (κ3) is 3.63. The van der Waals surface area contributed by atoms with Gasteiger partial charge in [0, 0.05) is 0 Å². The van der Waals surface area contributed by atoms with Gasteiger partial charge in [-0.3, -0.25) is 0 Å². The molecule has 0 bridgehead atoms. The summed E-state index contributed by atoms with van der Waals surface area (Å²) in [4.78, 5) is 0. The van der Waals surface area contributed by atoms with Gasteiger partial charge in [0.25, 0.3) is 0 Å². The zero-order valence-corrected chi connectivity index (χ0v) is 9.58. The number of benzene rings is 1. The zero-order valence-electron chi connectivity index (χ0n) is 9.58. The Kier molecular flexibility index (Phi) is 3.74. The van der Waals surface area contributed by atoms with Gasteiger partial charge in [-0.2, -0.15) is 5.26 Å². The van der Waals surface area contributed by atoms with Gasteiger partial charge in [-0.25, -0.2) is 0 Å². The molecule has 0 amide bonds. The fourth-order valence-corrected chi connectivity index (χ4v) is 1.57. The highest BCUT2D eigenvalue weighted by Gasteiger charge is 2.17. The van der Waals surface area contributed by atoms with Crippen molar-refractivity contribution in [1.82, 2.24) is 0 Å². The summed E-state index contributed by atoms with van der Waals surface area (Å²) >= 11 is 0. The monoisotopic (exact) mass is 203 g/mol. The molecule has 0 fully saturated rings. The largest absolute Gasteiger partial charge is 0.488 e. The Morgan fingerprint density at radius 2 is 1.87 bits per heavy atom. The lowest BCUT2D eigenvalue weighted by atomic mass is 10.0. The molecule has 2 heteroatoms. The minimum atomic E-state index is -0.136. The molecule has 0 saturated carbocycles. The fraction of sp³-hybridized carbons (Fsp3) is 0.462. The normalized spacial score (nSPS) is 10.8. The van der Waals surface area contributed by atoms with E-state index in [0.29, 0.717) is 5.56 Å². The standard InChI is InChI=1S/C13H17NO/c1-4-9-13(2,3)15-12-7-5-11(10-14)6-8-12/h5-8H,4,9H2,1-3H3. The minimum absolute atomic E-state index is 0.136. The Balaban J connectivity index is 2.69. The molecular weight excluding hydrogens is 186 g/mol. The molecule has 80 valence electrons.